The van der Waals surface area contributed by atoms with E-state index < -0.39 is 29.4 Å². The number of halogens is 6. The van der Waals surface area contributed by atoms with Crippen molar-refractivity contribution in [3.63, 3.8) is 0 Å². The lowest BCUT2D eigenvalue weighted by Gasteiger charge is -2.11. The molecule has 148 valence electrons. The van der Waals surface area contributed by atoms with Crippen LogP contribution in [-0.2, 0) is 12.7 Å². The fourth-order valence-corrected chi connectivity index (χ4v) is 2.54. The van der Waals surface area contributed by atoms with Crippen molar-refractivity contribution in [2.24, 2.45) is 0 Å². The van der Waals surface area contributed by atoms with Gasteiger partial charge in [-0.05, 0) is 25.5 Å². The van der Waals surface area contributed by atoms with Crippen molar-refractivity contribution in [1.82, 2.24) is 15.1 Å². The normalized spacial score (nSPS) is 11.7. The molecule has 1 heterocycles. The van der Waals surface area contributed by atoms with Crippen molar-refractivity contribution in [1.29, 1.82) is 0 Å². The van der Waals surface area contributed by atoms with Crippen LogP contribution in [0.3, 0.4) is 0 Å². The third kappa shape index (κ3) is 5.31. The third-order valence-corrected chi connectivity index (χ3v) is 4.03. The number of aromatic nitrogens is 2. The Morgan fingerprint density at radius 1 is 1.33 bits per heavy atom. The summed E-state index contributed by atoms with van der Waals surface area (Å²) in [5, 5.41) is 5.47. The highest BCUT2D eigenvalue weighted by Crippen LogP contribution is 2.35. The van der Waals surface area contributed by atoms with E-state index in [4.69, 9.17) is 11.6 Å². The molecule has 1 aromatic heterocycles. The fraction of sp³-hybridized carbons (Fsp3) is 0.375. The second kappa shape index (κ2) is 8.55. The smallest absolute Gasteiger partial charge is 0.434 e. The second-order valence-electron chi connectivity index (χ2n) is 5.45. The van der Waals surface area contributed by atoms with Gasteiger partial charge in [0.1, 0.15) is 5.75 Å². The van der Waals surface area contributed by atoms with Crippen LogP contribution in [0.2, 0.25) is 5.02 Å². The average Bonchev–Trinajstić information content (AvgIpc) is 2.87. The van der Waals surface area contributed by atoms with E-state index in [-0.39, 0.29) is 36.5 Å². The van der Waals surface area contributed by atoms with Crippen molar-refractivity contribution in [3.8, 4) is 5.75 Å². The Morgan fingerprint density at radius 3 is 2.59 bits per heavy atom. The lowest BCUT2D eigenvalue weighted by molar-refractivity contribution is -0.141. The zero-order valence-corrected chi connectivity index (χ0v) is 14.7. The van der Waals surface area contributed by atoms with Gasteiger partial charge in [0.15, 0.2) is 5.69 Å². The summed E-state index contributed by atoms with van der Waals surface area (Å²) in [6, 6.07) is 5.48. The molecule has 1 N–H and O–H groups in total. The van der Waals surface area contributed by atoms with Gasteiger partial charge in [0.25, 0.3) is 5.91 Å². The molecule has 0 aliphatic heterocycles. The summed E-state index contributed by atoms with van der Waals surface area (Å²) in [6.45, 7) is -1.51. The number of alkyl halides is 5. The van der Waals surface area contributed by atoms with Gasteiger partial charge in [0, 0.05) is 13.1 Å². The maximum atomic E-state index is 12.8. The van der Waals surface area contributed by atoms with E-state index in [0.717, 1.165) is 4.68 Å². The minimum Gasteiger partial charge on any atom is -0.434 e. The number of aryl methyl sites for hydroxylation is 1. The van der Waals surface area contributed by atoms with Gasteiger partial charge in [-0.3, -0.25) is 9.48 Å². The van der Waals surface area contributed by atoms with Crippen LogP contribution >= 0.6 is 11.6 Å². The quantitative estimate of drug-likeness (QED) is 0.546. The van der Waals surface area contributed by atoms with Gasteiger partial charge in [-0.1, -0.05) is 23.7 Å². The maximum Gasteiger partial charge on any atom is 0.436 e. The molecule has 0 aliphatic carbocycles. The van der Waals surface area contributed by atoms with Crippen molar-refractivity contribution in [2.75, 3.05) is 6.54 Å². The topological polar surface area (TPSA) is 56.2 Å². The maximum absolute atomic E-state index is 12.8. The van der Waals surface area contributed by atoms with E-state index in [1.165, 1.54) is 31.2 Å². The van der Waals surface area contributed by atoms with Gasteiger partial charge in [0.05, 0.1) is 16.3 Å². The number of nitrogens with zero attached hydrogens (tertiary/aromatic N) is 2. The number of carbonyl (C=O) groups excluding carboxylic acids is 1. The number of benzene rings is 1. The highest BCUT2D eigenvalue weighted by atomic mass is 35.5. The summed E-state index contributed by atoms with van der Waals surface area (Å²) >= 11 is 5.65. The largest absolute Gasteiger partial charge is 0.436 e. The molecule has 5 nitrogen and oxygen atoms in total. The molecule has 0 spiro atoms. The van der Waals surface area contributed by atoms with E-state index in [0.29, 0.717) is 0 Å². The Hall–Kier alpha value is -2.36. The number of hydrogen-bond donors (Lipinski definition) is 1. The predicted molar refractivity (Wildman–Crippen MR) is 87.0 cm³/mol. The molecule has 2 aromatic rings. The van der Waals surface area contributed by atoms with Crippen LogP contribution in [0.25, 0.3) is 0 Å². The number of ether oxygens (including phenoxy) is 1. The van der Waals surface area contributed by atoms with Crippen molar-refractivity contribution in [3.05, 3.63) is 46.2 Å². The molecule has 0 saturated carbocycles. The first-order valence-electron chi connectivity index (χ1n) is 7.73. The molecule has 0 radical (unpaired) electrons. The molecule has 1 amide bonds. The van der Waals surface area contributed by atoms with Crippen LogP contribution in [0.5, 0.6) is 5.75 Å². The summed E-state index contributed by atoms with van der Waals surface area (Å²) in [6.07, 6.45) is -4.41. The van der Waals surface area contributed by atoms with Crippen molar-refractivity contribution in [2.45, 2.75) is 32.7 Å². The summed E-state index contributed by atoms with van der Waals surface area (Å²) in [7, 11) is 0. The van der Waals surface area contributed by atoms with E-state index in [2.05, 4.69) is 15.2 Å². The molecule has 0 atom stereocenters. The molecular formula is C16H15ClF5N3O2. The van der Waals surface area contributed by atoms with E-state index in [9.17, 15) is 26.7 Å². The molecule has 0 unspecified atom stereocenters. The molecule has 0 fully saturated rings. The number of carbonyl (C=O) groups is 1. The van der Waals surface area contributed by atoms with Crippen LogP contribution in [0, 0.1) is 6.92 Å². The molecule has 11 heteroatoms. The Balaban J connectivity index is 1.94. The van der Waals surface area contributed by atoms with E-state index in [1.54, 1.807) is 0 Å². The summed E-state index contributed by atoms with van der Waals surface area (Å²) in [5.74, 6) is -0.910. The van der Waals surface area contributed by atoms with E-state index in [1.807, 2.05) is 0 Å². The minimum atomic E-state index is -4.66. The molecule has 0 bridgehead atoms. The first-order valence-corrected chi connectivity index (χ1v) is 8.11. The summed E-state index contributed by atoms with van der Waals surface area (Å²) in [4.78, 5) is 12.1. The van der Waals surface area contributed by atoms with Gasteiger partial charge in [0.2, 0.25) is 0 Å². The molecular weight excluding hydrogens is 397 g/mol. The molecule has 0 saturated heterocycles. The first-order chi connectivity index (χ1) is 12.6. The third-order valence-electron chi connectivity index (χ3n) is 3.58. The highest BCUT2D eigenvalue weighted by molar-refractivity contribution is 6.31. The number of amides is 1. The minimum absolute atomic E-state index is 0.0736. The Labute approximate surface area is 156 Å². The number of rotatable bonds is 7. The summed E-state index contributed by atoms with van der Waals surface area (Å²) in [5.41, 5.74) is -1.08. The second-order valence-corrected chi connectivity index (χ2v) is 5.83. The fourth-order valence-electron chi connectivity index (χ4n) is 2.30. The van der Waals surface area contributed by atoms with Gasteiger partial charge >= 0.3 is 12.8 Å². The van der Waals surface area contributed by atoms with Crippen LogP contribution in [0.1, 0.15) is 28.2 Å². The highest BCUT2D eigenvalue weighted by Gasteiger charge is 2.38. The first kappa shape index (κ1) is 20.9. The van der Waals surface area contributed by atoms with Crippen LogP contribution in [-0.4, -0.2) is 28.8 Å². The number of para-hydroxylation sites is 1. The van der Waals surface area contributed by atoms with Gasteiger partial charge < -0.3 is 10.1 Å². The monoisotopic (exact) mass is 411 g/mol. The molecule has 0 aliphatic rings. The zero-order valence-electron chi connectivity index (χ0n) is 14.0. The van der Waals surface area contributed by atoms with Crippen LogP contribution in [0.4, 0.5) is 22.0 Å². The lowest BCUT2D eigenvalue weighted by atomic mass is 10.2. The Kier molecular flexibility index (Phi) is 6.63. The standard InChI is InChI=1S/C16H15ClF5N3O2/c1-9-12(17)13(16(20,21)22)24-25(9)8-4-7-23-14(26)10-5-2-3-6-11(10)27-15(18)19/h2-3,5-6,15H,4,7-8H2,1H3,(H,23,26). The van der Waals surface area contributed by atoms with E-state index >= 15 is 0 Å². The number of nitrogens with one attached hydrogen (secondary N) is 1. The SMILES string of the molecule is Cc1c(Cl)c(C(F)(F)F)nn1CCCNC(=O)c1ccccc1OC(F)F. The van der Waals surface area contributed by atoms with Crippen molar-refractivity contribution >= 4 is 17.5 Å². The van der Waals surface area contributed by atoms with Crippen LogP contribution in [0.15, 0.2) is 24.3 Å². The van der Waals surface area contributed by atoms with Gasteiger partial charge in [-0.25, -0.2) is 0 Å². The summed E-state index contributed by atoms with van der Waals surface area (Å²) < 4.78 is 68.4. The lowest BCUT2D eigenvalue weighted by Crippen LogP contribution is -2.26. The van der Waals surface area contributed by atoms with Gasteiger partial charge in [-0.15, -0.1) is 0 Å². The Bertz CT molecular complexity index is 808. The number of hydrogen-bond acceptors (Lipinski definition) is 3. The Morgan fingerprint density at radius 2 is 2.00 bits per heavy atom. The molecule has 27 heavy (non-hydrogen) atoms. The predicted octanol–water partition coefficient (Wildman–Crippen LogP) is 4.29. The molecule has 1 aromatic carbocycles. The average molecular weight is 412 g/mol. The van der Waals surface area contributed by atoms with Crippen LogP contribution < -0.4 is 10.1 Å². The van der Waals surface area contributed by atoms with Crippen molar-refractivity contribution < 1.29 is 31.5 Å². The zero-order chi connectivity index (χ0) is 20.2. The molecule has 2 rings (SSSR count). The van der Waals surface area contributed by atoms with Gasteiger partial charge in [-0.2, -0.15) is 27.1 Å².